The van der Waals surface area contributed by atoms with Gasteiger partial charge in [-0.2, -0.15) is 0 Å². The molecule has 2 aliphatic carbocycles. The van der Waals surface area contributed by atoms with Gasteiger partial charge >= 0.3 is 0 Å². The Kier molecular flexibility index (Phi) is 4.14. The minimum Gasteiger partial charge on any atom is -0.496 e. The lowest BCUT2D eigenvalue weighted by Crippen LogP contribution is -2.04. The van der Waals surface area contributed by atoms with Gasteiger partial charge in [0.25, 0.3) is 0 Å². The van der Waals surface area contributed by atoms with Crippen LogP contribution in [-0.2, 0) is 0 Å². The molecule has 2 nitrogen and oxygen atoms in total. The molecule has 4 aromatic rings. The maximum absolute atomic E-state index is 6.19. The van der Waals surface area contributed by atoms with Gasteiger partial charge in [-0.3, -0.25) is 0 Å². The summed E-state index contributed by atoms with van der Waals surface area (Å²) in [5.74, 6) is 2.80. The molecule has 0 fully saturated rings. The number of fused-ring (bicyclic) bond motifs is 6. The summed E-state index contributed by atoms with van der Waals surface area (Å²) in [7, 11) is 3.61. The molecule has 0 radical (unpaired) electrons. The Morgan fingerprint density at radius 3 is 1.39 bits per heavy atom. The van der Waals surface area contributed by atoms with Gasteiger partial charge in [-0.25, -0.2) is 0 Å². The van der Waals surface area contributed by atoms with E-state index in [1.165, 1.54) is 33.4 Å². The zero-order chi connectivity index (χ0) is 20.9. The van der Waals surface area contributed by atoms with Crippen molar-refractivity contribution in [1.82, 2.24) is 0 Å². The van der Waals surface area contributed by atoms with Crippen LogP contribution in [0.5, 0.6) is 11.5 Å². The number of ether oxygens (including phenoxy) is 2. The summed E-state index contributed by atoms with van der Waals surface area (Å²) in [6.07, 6.45) is 5.79. The standard InChI is InChI=1S/C29H24O2/c1-30-28-24-20-13-14-21(17-20)25(24)29(31-2)27-23(19-11-7-4-8-12-19)16-15-22(26(27)28)18-9-5-3-6-10-18/h3-16,20-21H,17H2,1-2H3/t20-,21-/m1/s1. The summed E-state index contributed by atoms with van der Waals surface area (Å²) in [5, 5.41) is 2.29. The molecule has 2 atom stereocenters. The van der Waals surface area contributed by atoms with Crippen molar-refractivity contribution < 1.29 is 9.47 Å². The maximum atomic E-state index is 6.19. The molecule has 0 aliphatic heterocycles. The molecular weight excluding hydrogens is 380 g/mol. The Hall–Kier alpha value is -3.52. The largest absolute Gasteiger partial charge is 0.496 e. The average Bonchev–Trinajstić information content (AvgIpc) is 3.46. The van der Waals surface area contributed by atoms with E-state index < -0.39 is 0 Å². The van der Waals surface area contributed by atoms with Gasteiger partial charge in [0, 0.05) is 33.7 Å². The zero-order valence-corrected chi connectivity index (χ0v) is 17.8. The number of methoxy groups -OCH3 is 2. The second-order valence-corrected chi connectivity index (χ2v) is 8.37. The van der Waals surface area contributed by atoms with Crippen LogP contribution in [0.2, 0.25) is 0 Å². The fraction of sp³-hybridized carbons (Fsp3) is 0.172. The molecule has 31 heavy (non-hydrogen) atoms. The monoisotopic (exact) mass is 404 g/mol. The summed E-state index contributed by atoms with van der Waals surface area (Å²) >= 11 is 0. The van der Waals surface area contributed by atoms with Crippen molar-refractivity contribution in [3.8, 4) is 33.8 Å². The van der Waals surface area contributed by atoms with Gasteiger partial charge in [-0.15, -0.1) is 0 Å². The summed E-state index contributed by atoms with van der Waals surface area (Å²) in [4.78, 5) is 0. The number of rotatable bonds is 4. The summed E-state index contributed by atoms with van der Waals surface area (Å²) in [6, 6.07) is 25.6. The van der Waals surface area contributed by atoms with Gasteiger partial charge in [0.05, 0.1) is 14.2 Å². The van der Waals surface area contributed by atoms with Crippen LogP contribution >= 0.6 is 0 Å². The van der Waals surface area contributed by atoms with Crippen molar-refractivity contribution in [3.63, 3.8) is 0 Å². The van der Waals surface area contributed by atoms with Gasteiger partial charge in [-0.1, -0.05) is 84.9 Å². The maximum Gasteiger partial charge on any atom is 0.131 e. The van der Waals surface area contributed by atoms with E-state index in [0.29, 0.717) is 11.8 Å². The summed E-state index contributed by atoms with van der Waals surface area (Å²) in [5.41, 5.74) is 7.35. The second kappa shape index (κ2) is 7.02. The predicted molar refractivity (Wildman–Crippen MR) is 127 cm³/mol. The lowest BCUT2D eigenvalue weighted by Gasteiger charge is -2.24. The van der Waals surface area contributed by atoms with Crippen LogP contribution in [0.3, 0.4) is 0 Å². The number of hydrogen-bond donors (Lipinski definition) is 0. The third-order valence-electron chi connectivity index (χ3n) is 6.84. The molecule has 0 saturated heterocycles. The normalized spacial score (nSPS) is 18.4. The van der Waals surface area contributed by atoms with Crippen LogP contribution in [0.1, 0.15) is 29.4 Å². The Morgan fingerprint density at radius 2 is 1.00 bits per heavy atom. The first kappa shape index (κ1) is 18.3. The Balaban J connectivity index is 1.82. The van der Waals surface area contributed by atoms with Crippen molar-refractivity contribution in [1.29, 1.82) is 0 Å². The molecule has 2 aliphatic rings. The van der Waals surface area contributed by atoms with Crippen molar-refractivity contribution >= 4 is 10.8 Å². The highest BCUT2D eigenvalue weighted by Crippen LogP contribution is 2.60. The smallest absolute Gasteiger partial charge is 0.131 e. The van der Waals surface area contributed by atoms with Crippen molar-refractivity contribution in [2.45, 2.75) is 18.3 Å². The molecule has 152 valence electrons. The highest BCUT2D eigenvalue weighted by Gasteiger charge is 2.40. The molecule has 2 heteroatoms. The molecule has 2 bridgehead atoms. The first-order valence-electron chi connectivity index (χ1n) is 10.9. The molecule has 0 saturated carbocycles. The first-order valence-corrected chi connectivity index (χ1v) is 10.9. The predicted octanol–water partition coefficient (Wildman–Crippen LogP) is 7.33. The third-order valence-corrected chi connectivity index (χ3v) is 6.84. The first-order chi connectivity index (χ1) is 15.3. The lowest BCUT2D eigenvalue weighted by atomic mass is 9.84. The van der Waals surface area contributed by atoms with E-state index in [9.17, 15) is 0 Å². The zero-order valence-electron chi connectivity index (χ0n) is 17.8. The SMILES string of the molecule is COc1c2c(c(OC)c3c(-c4ccccc4)ccc(-c4ccccc4)c13)[C@@H]1C=C[C@@H]2C1. The lowest BCUT2D eigenvalue weighted by molar-refractivity contribution is 0.404. The molecule has 6 rings (SSSR count). The number of hydrogen-bond acceptors (Lipinski definition) is 2. The summed E-state index contributed by atoms with van der Waals surface area (Å²) in [6.45, 7) is 0. The van der Waals surface area contributed by atoms with Crippen molar-refractivity contribution in [2.24, 2.45) is 0 Å². The van der Waals surface area contributed by atoms with Gasteiger partial charge in [-0.05, 0) is 28.7 Å². The molecule has 0 unspecified atom stereocenters. The Morgan fingerprint density at radius 1 is 0.581 bits per heavy atom. The van der Waals surface area contributed by atoms with Crippen LogP contribution in [0.15, 0.2) is 84.9 Å². The minimum atomic E-state index is 0.400. The second-order valence-electron chi connectivity index (χ2n) is 8.37. The van der Waals surface area contributed by atoms with Gasteiger partial charge in [0.2, 0.25) is 0 Å². The van der Waals surface area contributed by atoms with Crippen LogP contribution in [0.25, 0.3) is 33.0 Å². The third kappa shape index (κ3) is 2.58. The molecule has 0 heterocycles. The van der Waals surface area contributed by atoms with E-state index in [0.717, 1.165) is 28.7 Å². The highest BCUT2D eigenvalue weighted by molar-refractivity contribution is 6.13. The fourth-order valence-electron chi connectivity index (χ4n) is 5.59. The fourth-order valence-corrected chi connectivity index (χ4v) is 5.59. The highest BCUT2D eigenvalue weighted by atomic mass is 16.5. The van der Waals surface area contributed by atoms with Crippen LogP contribution in [0, 0.1) is 0 Å². The van der Waals surface area contributed by atoms with Crippen LogP contribution in [-0.4, -0.2) is 14.2 Å². The van der Waals surface area contributed by atoms with Gasteiger partial charge in [0.15, 0.2) is 0 Å². The molecule has 4 aromatic carbocycles. The topological polar surface area (TPSA) is 18.5 Å². The van der Waals surface area contributed by atoms with Gasteiger partial charge < -0.3 is 9.47 Å². The quantitative estimate of drug-likeness (QED) is 0.332. The van der Waals surface area contributed by atoms with E-state index >= 15 is 0 Å². The summed E-state index contributed by atoms with van der Waals surface area (Å²) < 4.78 is 12.4. The average molecular weight is 405 g/mol. The minimum absolute atomic E-state index is 0.400. The van der Waals surface area contributed by atoms with E-state index in [2.05, 4.69) is 84.9 Å². The van der Waals surface area contributed by atoms with E-state index in [4.69, 9.17) is 9.47 Å². The van der Waals surface area contributed by atoms with Crippen molar-refractivity contribution in [2.75, 3.05) is 14.2 Å². The number of allylic oxidation sites excluding steroid dienone is 2. The Bertz CT molecular complexity index is 1220. The molecular formula is C29H24O2. The van der Waals surface area contributed by atoms with Crippen molar-refractivity contribution in [3.05, 3.63) is 96.1 Å². The molecule has 0 aromatic heterocycles. The molecule has 0 N–H and O–H groups in total. The molecule has 0 amide bonds. The van der Waals surface area contributed by atoms with Crippen LogP contribution < -0.4 is 9.47 Å². The Labute approximate surface area is 182 Å². The van der Waals surface area contributed by atoms with Gasteiger partial charge in [0.1, 0.15) is 11.5 Å². The van der Waals surface area contributed by atoms with E-state index in [1.807, 2.05) is 0 Å². The van der Waals surface area contributed by atoms with Crippen LogP contribution in [0.4, 0.5) is 0 Å². The number of benzene rings is 4. The van der Waals surface area contributed by atoms with E-state index in [-0.39, 0.29) is 0 Å². The van der Waals surface area contributed by atoms with E-state index in [1.54, 1.807) is 14.2 Å². The molecule has 0 spiro atoms.